The van der Waals surface area contributed by atoms with Gasteiger partial charge < -0.3 is 10.6 Å². The fourth-order valence-electron chi connectivity index (χ4n) is 2.79. The fraction of sp³-hybridized carbons (Fsp3) is 0.304. The van der Waals surface area contributed by atoms with E-state index in [1.807, 2.05) is 24.3 Å². The van der Waals surface area contributed by atoms with Crippen molar-refractivity contribution in [2.24, 2.45) is 0 Å². The van der Waals surface area contributed by atoms with Crippen LogP contribution in [0.15, 0.2) is 60.7 Å². The zero-order chi connectivity index (χ0) is 19.4. The Morgan fingerprint density at radius 3 is 2.11 bits per heavy atom. The number of rotatable bonds is 5. The lowest BCUT2D eigenvalue weighted by atomic mass is 9.87. The van der Waals surface area contributed by atoms with Crippen LogP contribution < -0.4 is 10.6 Å². The van der Waals surface area contributed by atoms with Gasteiger partial charge in [-0.2, -0.15) is 4.98 Å². The molecule has 0 fully saturated rings. The topological polar surface area (TPSA) is 49.8 Å². The van der Waals surface area contributed by atoms with E-state index in [-0.39, 0.29) is 11.5 Å². The smallest absolute Gasteiger partial charge is 0.225 e. The average Bonchev–Trinajstić information content (AvgIpc) is 2.61. The molecule has 4 nitrogen and oxygen atoms in total. The molecule has 0 aliphatic rings. The van der Waals surface area contributed by atoms with Crippen molar-refractivity contribution < 1.29 is 0 Å². The van der Waals surface area contributed by atoms with E-state index < -0.39 is 0 Å². The van der Waals surface area contributed by atoms with E-state index in [4.69, 9.17) is 0 Å². The Balaban J connectivity index is 1.92. The van der Waals surface area contributed by atoms with Crippen LogP contribution in [0, 0.1) is 0 Å². The van der Waals surface area contributed by atoms with Crippen molar-refractivity contribution in [3.05, 3.63) is 66.2 Å². The number of aromatic nitrogens is 2. The third kappa shape index (κ3) is 5.07. The van der Waals surface area contributed by atoms with Crippen LogP contribution >= 0.6 is 0 Å². The molecule has 0 aliphatic carbocycles. The van der Waals surface area contributed by atoms with Gasteiger partial charge in [0.15, 0.2) is 0 Å². The Labute approximate surface area is 162 Å². The van der Waals surface area contributed by atoms with Crippen molar-refractivity contribution in [1.29, 1.82) is 0 Å². The summed E-state index contributed by atoms with van der Waals surface area (Å²) in [6.45, 7) is 10.8. The molecule has 0 aliphatic heterocycles. The molecule has 0 saturated heterocycles. The van der Waals surface area contributed by atoms with Crippen LogP contribution in [0.2, 0.25) is 0 Å². The monoisotopic (exact) mass is 360 g/mol. The van der Waals surface area contributed by atoms with E-state index in [0.717, 1.165) is 22.8 Å². The Kier molecular flexibility index (Phi) is 5.45. The molecule has 0 atom stereocenters. The molecule has 140 valence electrons. The van der Waals surface area contributed by atoms with Gasteiger partial charge >= 0.3 is 0 Å². The van der Waals surface area contributed by atoms with Gasteiger partial charge in [-0.15, -0.1) is 0 Å². The highest BCUT2D eigenvalue weighted by Crippen LogP contribution is 2.26. The van der Waals surface area contributed by atoms with E-state index in [2.05, 4.69) is 91.6 Å². The number of anilines is 3. The van der Waals surface area contributed by atoms with Crippen LogP contribution in [0.3, 0.4) is 0 Å². The molecule has 0 spiro atoms. The van der Waals surface area contributed by atoms with Crippen LogP contribution in [-0.2, 0) is 5.41 Å². The molecule has 1 heterocycles. The minimum atomic E-state index is 0.141. The molecule has 3 aromatic rings. The Bertz CT molecular complexity index is 879. The first-order valence-electron chi connectivity index (χ1n) is 9.40. The summed E-state index contributed by atoms with van der Waals surface area (Å²) < 4.78 is 0. The van der Waals surface area contributed by atoms with Crippen molar-refractivity contribution in [2.45, 2.75) is 46.1 Å². The first-order chi connectivity index (χ1) is 12.8. The van der Waals surface area contributed by atoms with Gasteiger partial charge in [-0.05, 0) is 37.0 Å². The van der Waals surface area contributed by atoms with E-state index in [9.17, 15) is 0 Å². The lowest BCUT2D eigenvalue weighted by molar-refractivity contribution is 0.590. The highest BCUT2D eigenvalue weighted by Gasteiger charge is 2.13. The van der Waals surface area contributed by atoms with E-state index >= 15 is 0 Å². The van der Waals surface area contributed by atoms with Gasteiger partial charge in [0, 0.05) is 23.4 Å². The SMILES string of the molecule is CC(C)Nc1nc(Nc2ccc(C(C)(C)C)cc2)cc(-c2ccccc2)n1. The Morgan fingerprint density at radius 2 is 1.52 bits per heavy atom. The molecule has 0 saturated carbocycles. The van der Waals surface area contributed by atoms with Crippen molar-refractivity contribution in [3.63, 3.8) is 0 Å². The number of hydrogen-bond acceptors (Lipinski definition) is 4. The second kappa shape index (κ2) is 7.78. The van der Waals surface area contributed by atoms with Crippen LogP contribution in [0.25, 0.3) is 11.3 Å². The van der Waals surface area contributed by atoms with Crippen LogP contribution in [0.5, 0.6) is 0 Å². The first kappa shape index (κ1) is 18.9. The first-order valence-corrected chi connectivity index (χ1v) is 9.40. The van der Waals surface area contributed by atoms with Gasteiger partial charge in [0.25, 0.3) is 0 Å². The number of nitrogens with one attached hydrogen (secondary N) is 2. The van der Waals surface area contributed by atoms with Crippen LogP contribution in [0.4, 0.5) is 17.5 Å². The molecule has 27 heavy (non-hydrogen) atoms. The summed E-state index contributed by atoms with van der Waals surface area (Å²) in [6, 6.07) is 20.9. The molecule has 3 rings (SSSR count). The van der Waals surface area contributed by atoms with Gasteiger partial charge in [-0.25, -0.2) is 4.98 Å². The van der Waals surface area contributed by atoms with Crippen molar-refractivity contribution in [1.82, 2.24) is 9.97 Å². The molecule has 0 bridgehead atoms. The Hall–Kier alpha value is -2.88. The third-order valence-corrected chi connectivity index (χ3v) is 4.24. The zero-order valence-corrected chi connectivity index (χ0v) is 16.7. The minimum Gasteiger partial charge on any atom is -0.352 e. The van der Waals surface area contributed by atoms with Crippen molar-refractivity contribution in [3.8, 4) is 11.3 Å². The quantitative estimate of drug-likeness (QED) is 0.585. The summed E-state index contributed by atoms with van der Waals surface area (Å²) in [7, 11) is 0. The summed E-state index contributed by atoms with van der Waals surface area (Å²) in [6.07, 6.45) is 0. The largest absolute Gasteiger partial charge is 0.352 e. The van der Waals surface area contributed by atoms with Crippen molar-refractivity contribution in [2.75, 3.05) is 10.6 Å². The third-order valence-electron chi connectivity index (χ3n) is 4.24. The lowest BCUT2D eigenvalue weighted by Gasteiger charge is -2.19. The van der Waals surface area contributed by atoms with Crippen molar-refractivity contribution >= 4 is 17.5 Å². The zero-order valence-electron chi connectivity index (χ0n) is 16.7. The van der Waals surface area contributed by atoms with Gasteiger partial charge in [0.2, 0.25) is 5.95 Å². The number of benzene rings is 2. The highest BCUT2D eigenvalue weighted by molar-refractivity contribution is 5.67. The van der Waals surface area contributed by atoms with Crippen LogP contribution in [0.1, 0.15) is 40.2 Å². The van der Waals surface area contributed by atoms with E-state index in [1.165, 1.54) is 5.56 Å². The molecular formula is C23H28N4. The summed E-state index contributed by atoms with van der Waals surface area (Å²) in [4.78, 5) is 9.30. The van der Waals surface area contributed by atoms with E-state index in [1.54, 1.807) is 0 Å². The molecule has 2 aromatic carbocycles. The Morgan fingerprint density at radius 1 is 0.852 bits per heavy atom. The molecule has 0 unspecified atom stereocenters. The molecule has 4 heteroatoms. The van der Waals surface area contributed by atoms with Gasteiger partial charge in [0.05, 0.1) is 5.69 Å². The van der Waals surface area contributed by atoms with Crippen LogP contribution in [-0.4, -0.2) is 16.0 Å². The predicted octanol–water partition coefficient (Wildman–Crippen LogP) is 6.01. The maximum Gasteiger partial charge on any atom is 0.225 e. The molecular weight excluding hydrogens is 332 g/mol. The fourth-order valence-corrected chi connectivity index (χ4v) is 2.79. The molecule has 2 N–H and O–H groups in total. The maximum atomic E-state index is 4.67. The lowest BCUT2D eigenvalue weighted by Crippen LogP contribution is -2.13. The second-order valence-corrected chi connectivity index (χ2v) is 8.08. The molecule has 0 radical (unpaired) electrons. The number of nitrogens with zero attached hydrogens (tertiary/aromatic N) is 2. The predicted molar refractivity (Wildman–Crippen MR) is 115 cm³/mol. The highest BCUT2D eigenvalue weighted by atomic mass is 15.2. The van der Waals surface area contributed by atoms with Gasteiger partial charge in [0.1, 0.15) is 5.82 Å². The summed E-state index contributed by atoms with van der Waals surface area (Å²) in [5.74, 6) is 1.40. The average molecular weight is 361 g/mol. The molecule has 1 aromatic heterocycles. The molecule has 0 amide bonds. The van der Waals surface area contributed by atoms with Gasteiger partial charge in [-0.3, -0.25) is 0 Å². The number of hydrogen-bond donors (Lipinski definition) is 2. The minimum absolute atomic E-state index is 0.141. The maximum absolute atomic E-state index is 4.67. The van der Waals surface area contributed by atoms with Gasteiger partial charge in [-0.1, -0.05) is 63.2 Å². The summed E-state index contributed by atoms with van der Waals surface area (Å²) >= 11 is 0. The summed E-state index contributed by atoms with van der Waals surface area (Å²) in [5, 5.41) is 6.72. The summed E-state index contributed by atoms with van der Waals surface area (Å²) in [5.41, 5.74) is 4.42. The normalized spacial score (nSPS) is 11.5. The standard InChI is InChI=1S/C23H28N4/c1-16(2)24-22-26-20(17-9-7-6-8-10-17)15-21(27-22)25-19-13-11-18(12-14-19)23(3,4)5/h6-16H,1-5H3,(H2,24,25,26,27). The van der Waals surface area contributed by atoms with E-state index in [0.29, 0.717) is 5.95 Å². The second-order valence-electron chi connectivity index (χ2n) is 8.08.